The second kappa shape index (κ2) is 4.53. The Morgan fingerprint density at radius 2 is 2.21 bits per heavy atom. The van der Waals surface area contributed by atoms with Gasteiger partial charge in [-0.3, -0.25) is 4.79 Å². The average Bonchev–Trinajstić information content (AvgIpc) is 2.53. The number of nitrogens with two attached hydrogens (primary N) is 1. The molecule has 3 unspecified atom stereocenters. The standard InChI is InChI=1S/C10H20N2OS/c1-7(11)8(2)12-9(13)10(3)5-4-6-14-10/h7-8H,4-6,11H2,1-3H3,(H,12,13). The van der Waals surface area contributed by atoms with Gasteiger partial charge in [0.2, 0.25) is 5.91 Å². The molecule has 1 aliphatic heterocycles. The van der Waals surface area contributed by atoms with Crippen molar-refractivity contribution in [3.63, 3.8) is 0 Å². The number of thioether (sulfide) groups is 1. The van der Waals surface area contributed by atoms with Gasteiger partial charge in [-0.05, 0) is 39.4 Å². The van der Waals surface area contributed by atoms with Crippen molar-refractivity contribution in [2.75, 3.05) is 5.75 Å². The van der Waals surface area contributed by atoms with E-state index in [1.807, 2.05) is 20.8 Å². The van der Waals surface area contributed by atoms with Gasteiger partial charge in [0.25, 0.3) is 0 Å². The number of hydrogen-bond acceptors (Lipinski definition) is 3. The lowest BCUT2D eigenvalue weighted by Crippen LogP contribution is -2.50. The summed E-state index contributed by atoms with van der Waals surface area (Å²) in [5.74, 6) is 1.24. The Hall–Kier alpha value is -0.220. The smallest absolute Gasteiger partial charge is 0.236 e. The van der Waals surface area contributed by atoms with Gasteiger partial charge >= 0.3 is 0 Å². The Kier molecular flexibility index (Phi) is 3.84. The second-order valence-electron chi connectivity index (χ2n) is 4.30. The predicted octanol–water partition coefficient (Wildman–Crippen LogP) is 1.12. The summed E-state index contributed by atoms with van der Waals surface area (Å²) < 4.78 is -0.219. The van der Waals surface area contributed by atoms with E-state index in [0.717, 1.165) is 18.6 Å². The maximum Gasteiger partial charge on any atom is 0.236 e. The molecule has 0 spiro atoms. The van der Waals surface area contributed by atoms with Crippen LogP contribution in [0.4, 0.5) is 0 Å². The topological polar surface area (TPSA) is 55.1 Å². The van der Waals surface area contributed by atoms with Crippen LogP contribution in [-0.4, -0.2) is 28.5 Å². The highest BCUT2D eigenvalue weighted by atomic mass is 32.2. The average molecular weight is 216 g/mol. The van der Waals surface area contributed by atoms with Crippen LogP contribution in [0, 0.1) is 0 Å². The highest BCUT2D eigenvalue weighted by molar-refractivity contribution is 8.01. The molecule has 82 valence electrons. The van der Waals surface area contributed by atoms with Crippen LogP contribution in [0.15, 0.2) is 0 Å². The number of amides is 1. The first-order chi connectivity index (χ1) is 6.46. The molecule has 1 amide bonds. The second-order valence-corrected chi connectivity index (χ2v) is 5.90. The normalized spacial score (nSPS) is 31.1. The van der Waals surface area contributed by atoms with Gasteiger partial charge in [-0.1, -0.05) is 0 Å². The fourth-order valence-corrected chi connectivity index (χ4v) is 2.67. The molecular weight excluding hydrogens is 196 g/mol. The first-order valence-corrected chi connectivity index (χ1v) is 6.15. The van der Waals surface area contributed by atoms with Crippen LogP contribution in [0.1, 0.15) is 33.6 Å². The van der Waals surface area contributed by atoms with Crippen LogP contribution in [0.25, 0.3) is 0 Å². The van der Waals surface area contributed by atoms with Crippen LogP contribution in [-0.2, 0) is 4.79 Å². The van der Waals surface area contributed by atoms with E-state index in [2.05, 4.69) is 5.32 Å². The highest BCUT2D eigenvalue weighted by Gasteiger charge is 2.37. The summed E-state index contributed by atoms with van der Waals surface area (Å²) >= 11 is 1.75. The third kappa shape index (κ3) is 2.64. The largest absolute Gasteiger partial charge is 0.351 e. The van der Waals surface area contributed by atoms with Crippen LogP contribution < -0.4 is 11.1 Å². The van der Waals surface area contributed by atoms with E-state index in [9.17, 15) is 4.79 Å². The zero-order valence-electron chi connectivity index (χ0n) is 9.17. The minimum absolute atomic E-state index is 0.00829. The minimum atomic E-state index is -0.219. The van der Waals surface area contributed by atoms with Gasteiger partial charge < -0.3 is 11.1 Å². The van der Waals surface area contributed by atoms with Crippen LogP contribution >= 0.6 is 11.8 Å². The summed E-state index contributed by atoms with van der Waals surface area (Å²) in [4.78, 5) is 11.9. The molecule has 0 saturated carbocycles. The number of hydrogen-bond donors (Lipinski definition) is 2. The van der Waals surface area contributed by atoms with Crippen LogP contribution in [0.5, 0.6) is 0 Å². The van der Waals surface area contributed by atoms with Crippen molar-refractivity contribution in [2.45, 2.75) is 50.4 Å². The first kappa shape index (κ1) is 11.9. The summed E-state index contributed by atoms with van der Waals surface area (Å²) in [6.45, 7) is 5.88. The zero-order chi connectivity index (χ0) is 10.8. The molecule has 14 heavy (non-hydrogen) atoms. The number of carbonyl (C=O) groups excluding carboxylic acids is 1. The van der Waals surface area contributed by atoms with Gasteiger partial charge in [0.05, 0.1) is 4.75 Å². The molecule has 1 saturated heterocycles. The third-order valence-electron chi connectivity index (χ3n) is 2.85. The van der Waals surface area contributed by atoms with Gasteiger partial charge in [-0.25, -0.2) is 0 Å². The Morgan fingerprint density at radius 1 is 1.57 bits per heavy atom. The lowest BCUT2D eigenvalue weighted by molar-refractivity contribution is -0.123. The van der Waals surface area contributed by atoms with Crippen LogP contribution in [0.3, 0.4) is 0 Å². The van der Waals surface area contributed by atoms with Crippen molar-refractivity contribution in [2.24, 2.45) is 5.73 Å². The molecule has 1 fully saturated rings. The summed E-state index contributed by atoms with van der Waals surface area (Å²) in [7, 11) is 0. The molecule has 0 aromatic carbocycles. The zero-order valence-corrected chi connectivity index (χ0v) is 9.99. The van der Waals surface area contributed by atoms with Crippen molar-refractivity contribution in [1.29, 1.82) is 0 Å². The Labute approximate surface area is 90.2 Å². The molecule has 0 aromatic rings. The fourth-order valence-electron chi connectivity index (χ4n) is 1.45. The van der Waals surface area contributed by atoms with Crippen molar-refractivity contribution >= 4 is 17.7 Å². The molecule has 0 aliphatic carbocycles. The van der Waals surface area contributed by atoms with E-state index >= 15 is 0 Å². The fraction of sp³-hybridized carbons (Fsp3) is 0.900. The van der Waals surface area contributed by atoms with E-state index in [1.165, 1.54) is 0 Å². The van der Waals surface area contributed by atoms with E-state index < -0.39 is 0 Å². The number of carbonyl (C=O) groups is 1. The molecule has 3 nitrogen and oxygen atoms in total. The van der Waals surface area contributed by atoms with Gasteiger partial charge in [0, 0.05) is 12.1 Å². The van der Waals surface area contributed by atoms with E-state index in [1.54, 1.807) is 11.8 Å². The molecular formula is C10H20N2OS. The van der Waals surface area contributed by atoms with Gasteiger partial charge in [0.1, 0.15) is 0 Å². The minimum Gasteiger partial charge on any atom is -0.351 e. The van der Waals surface area contributed by atoms with Gasteiger partial charge in [0.15, 0.2) is 0 Å². The van der Waals surface area contributed by atoms with Crippen molar-refractivity contribution in [3.8, 4) is 0 Å². The maximum atomic E-state index is 11.9. The molecule has 3 N–H and O–H groups in total. The first-order valence-electron chi connectivity index (χ1n) is 5.16. The third-order valence-corrected chi connectivity index (χ3v) is 4.37. The maximum absolute atomic E-state index is 11.9. The van der Waals surface area contributed by atoms with E-state index in [4.69, 9.17) is 5.73 Å². The number of rotatable bonds is 3. The summed E-state index contributed by atoms with van der Waals surface area (Å²) in [6, 6.07) is 0.0643. The van der Waals surface area contributed by atoms with Crippen LogP contribution in [0.2, 0.25) is 0 Å². The highest BCUT2D eigenvalue weighted by Crippen LogP contribution is 2.37. The summed E-state index contributed by atoms with van der Waals surface area (Å²) in [6.07, 6.45) is 2.12. The number of nitrogens with one attached hydrogen (secondary N) is 1. The Morgan fingerprint density at radius 3 is 2.64 bits per heavy atom. The monoisotopic (exact) mass is 216 g/mol. The van der Waals surface area contributed by atoms with Gasteiger partial charge in [-0.15, -0.1) is 11.8 Å². The molecule has 1 aliphatic rings. The molecule has 0 aromatic heterocycles. The lowest BCUT2D eigenvalue weighted by atomic mass is 10.0. The summed E-state index contributed by atoms with van der Waals surface area (Å²) in [5.41, 5.74) is 5.70. The molecule has 4 heteroatoms. The molecule has 0 bridgehead atoms. The Bertz CT molecular complexity index is 212. The lowest BCUT2D eigenvalue weighted by Gasteiger charge is -2.26. The molecule has 1 rings (SSSR count). The van der Waals surface area contributed by atoms with E-state index in [-0.39, 0.29) is 22.7 Å². The molecule has 3 atom stereocenters. The van der Waals surface area contributed by atoms with Crippen molar-refractivity contribution < 1.29 is 4.79 Å². The molecule has 1 heterocycles. The summed E-state index contributed by atoms with van der Waals surface area (Å²) in [5, 5.41) is 2.98. The van der Waals surface area contributed by atoms with Crippen molar-refractivity contribution in [1.82, 2.24) is 5.32 Å². The van der Waals surface area contributed by atoms with Gasteiger partial charge in [-0.2, -0.15) is 0 Å². The van der Waals surface area contributed by atoms with Crippen molar-refractivity contribution in [3.05, 3.63) is 0 Å². The quantitative estimate of drug-likeness (QED) is 0.743. The molecule has 0 radical (unpaired) electrons. The van der Waals surface area contributed by atoms with E-state index in [0.29, 0.717) is 0 Å². The Balaban J connectivity index is 2.49. The SMILES string of the molecule is CC(N)C(C)NC(=O)C1(C)CCCS1. The predicted molar refractivity (Wildman–Crippen MR) is 61.4 cm³/mol.